The van der Waals surface area contributed by atoms with Gasteiger partial charge in [-0.15, -0.1) is 0 Å². The van der Waals surface area contributed by atoms with Crippen LogP contribution in [-0.4, -0.2) is 54.8 Å². The molecule has 1 amide bonds. The smallest absolute Gasteiger partial charge is 0.344 e. The number of unbranched alkanes of at least 4 members (excludes halogenated alkanes) is 1. The molecule has 3 rings (SSSR count). The maximum atomic E-state index is 13.4. The zero-order valence-electron chi connectivity index (χ0n) is 23.6. The van der Waals surface area contributed by atoms with Crippen LogP contribution in [0.2, 0.25) is 0 Å². The van der Waals surface area contributed by atoms with Crippen LogP contribution in [0.1, 0.15) is 62.9 Å². The molecule has 1 unspecified atom stereocenters. The second kappa shape index (κ2) is 13.6. The van der Waals surface area contributed by atoms with Gasteiger partial charge in [-0.1, -0.05) is 19.8 Å². The predicted molar refractivity (Wildman–Crippen MR) is 153 cm³/mol. The van der Waals surface area contributed by atoms with Gasteiger partial charge in [0.1, 0.15) is 28.4 Å². The SMILES string of the molecule is CCCCC(C)(CNC(C)=O)Nc1c(C(=O)OCC)c(NCc2ccc(OC)cc2OC)nc2cccnc12. The molecule has 1 aromatic carbocycles. The molecule has 10 nitrogen and oxygen atoms in total. The summed E-state index contributed by atoms with van der Waals surface area (Å²) in [4.78, 5) is 34.6. The molecular weight excluding hydrogens is 498 g/mol. The lowest BCUT2D eigenvalue weighted by atomic mass is 9.93. The van der Waals surface area contributed by atoms with Crippen molar-refractivity contribution in [2.45, 2.75) is 59.0 Å². The molecule has 3 N–H and O–H groups in total. The van der Waals surface area contributed by atoms with Crippen molar-refractivity contribution in [1.29, 1.82) is 0 Å². The highest BCUT2D eigenvalue weighted by Crippen LogP contribution is 2.35. The number of carbonyl (C=O) groups is 2. The number of aromatic nitrogens is 2. The largest absolute Gasteiger partial charge is 0.497 e. The summed E-state index contributed by atoms with van der Waals surface area (Å²) in [6.45, 7) is 8.28. The molecule has 39 heavy (non-hydrogen) atoms. The third kappa shape index (κ3) is 7.49. The second-order valence-electron chi connectivity index (χ2n) is 9.53. The molecule has 210 valence electrons. The molecule has 0 bridgehead atoms. The summed E-state index contributed by atoms with van der Waals surface area (Å²) >= 11 is 0. The summed E-state index contributed by atoms with van der Waals surface area (Å²) in [6.07, 6.45) is 4.33. The van der Waals surface area contributed by atoms with E-state index in [9.17, 15) is 9.59 Å². The number of anilines is 2. The quantitative estimate of drug-likeness (QED) is 0.246. The fourth-order valence-electron chi connectivity index (χ4n) is 4.30. The van der Waals surface area contributed by atoms with E-state index in [-0.39, 0.29) is 18.1 Å². The van der Waals surface area contributed by atoms with Gasteiger partial charge in [-0.3, -0.25) is 9.78 Å². The molecule has 10 heteroatoms. The number of hydrogen-bond donors (Lipinski definition) is 3. The number of hydrogen-bond acceptors (Lipinski definition) is 9. The number of fused-ring (bicyclic) bond motifs is 1. The number of nitrogens with one attached hydrogen (secondary N) is 3. The van der Waals surface area contributed by atoms with Gasteiger partial charge in [0, 0.05) is 37.8 Å². The van der Waals surface area contributed by atoms with Gasteiger partial charge in [0.15, 0.2) is 0 Å². The first kappa shape index (κ1) is 29.5. The highest BCUT2D eigenvalue weighted by atomic mass is 16.5. The van der Waals surface area contributed by atoms with Crippen molar-refractivity contribution in [2.75, 3.05) is 38.0 Å². The number of carbonyl (C=O) groups excluding carboxylic acids is 2. The predicted octanol–water partition coefficient (Wildman–Crippen LogP) is 4.93. The van der Waals surface area contributed by atoms with Crippen LogP contribution in [0, 0.1) is 0 Å². The minimum absolute atomic E-state index is 0.126. The van der Waals surface area contributed by atoms with E-state index in [0.717, 1.165) is 24.8 Å². The van der Waals surface area contributed by atoms with Gasteiger partial charge in [-0.25, -0.2) is 9.78 Å². The van der Waals surface area contributed by atoms with Gasteiger partial charge in [0.05, 0.1) is 37.6 Å². The first-order valence-electron chi connectivity index (χ1n) is 13.2. The molecule has 2 heterocycles. The van der Waals surface area contributed by atoms with E-state index in [1.54, 1.807) is 39.5 Å². The van der Waals surface area contributed by atoms with Gasteiger partial charge in [0.25, 0.3) is 0 Å². The van der Waals surface area contributed by atoms with Crippen molar-refractivity contribution >= 4 is 34.4 Å². The van der Waals surface area contributed by atoms with Crippen LogP contribution in [0.5, 0.6) is 11.5 Å². The van der Waals surface area contributed by atoms with E-state index in [2.05, 4.69) is 27.9 Å². The van der Waals surface area contributed by atoms with E-state index >= 15 is 0 Å². The number of nitrogens with zero attached hydrogens (tertiary/aromatic N) is 2. The van der Waals surface area contributed by atoms with E-state index in [1.807, 2.05) is 25.1 Å². The Bertz CT molecular complexity index is 1300. The van der Waals surface area contributed by atoms with E-state index in [4.69, 9.17) is 19.2 Å². The molecule has 0 aliphatic carbocycles. The number of pyridine rings is 2. The summed E-state index contributed by atoms with van der Waals surface area (Å²) in [5, 5.41) is 9.82. The van der Waals surface area contributed by atoms with Crippen LogP contribution >= 0.6 is 0 Å². The highest BCUT2D eigenvalue weighted by Gasteiger charge is 2.30. The molecule has 0 spiro atoms. The van der Waals surface area contributed by atoms with Gasteiger partial charge >= 0.3 is 5.97 Å². The molecule has 2 aromatic heterocycles. The number of amides is 1. The Hall–Kier alpha value is -4.08. The first-order valence-corrected chi connectivity index (χ1v) is 13.2. The van der Waals surface area contributed by atoms with E-state index in [1.165, 1.54) is 6.92 Å². The Balaban J connectivity index is 2.13. The zero-order valence-corrected chi connectivity index (χ0v) is 23.6. The maximum Gasteiger partial charge on any atom is 0.344 e. The summed E-state index contributed by atoms with van der Waals surface area (Å²) < 4.78 is 16.3. The Labute approximate surface area is 229 Å². The fraction of sp³-hybridized carbons (Fsp3) is 0.448. The van der Waals surface area contributed by atoms with E-state index < -0.39 is 11.5 Å². The highest BCUT2D eigenvalue weighted by molar-refractivity contribution is 6.08. The molecule has 0 saturated carbocycles. The number of methoxy groups -OCH3 is 2. The molecule has 0 saturated heterocycles. The molecule has 0 aliphatic rings. The van der Waals surface area contributed by atoms with Gasteiger partial charge < -0.3 is 30.2 Å². The van der Waals surface area contributed by atoms with Crippen molar-refractivity contribution in [2.24, 2.45) is 0 Å². The Morgan fingerprint density at radius 3 is 2.56 bits per heavy atom. The van der Waals surface area contributed by atoms with Crippen molar-refractivity contribution in [1.82, 2.24) is 15.3 Å². The number of benzene rings is 1. The standard InChI is InChI=1S/C29H39N5O5/c1-7-9-14-29(4,18-32-19(3)35)34-26-24(28(36)39-8-2)27(33-22-11-10-15-30-25(22)26)31-17-20-12-13-21(37-5)16-23(20)38-6/h10-13,15-16H,7-9,14,17-18H2,1-6H3,(H,32,35)(H2,31,33,34). The van der Waals surface area contributed by atoms with E-state index in [0.29, 0.717) is 47.1 Å². The lowest BCUT2D eigenvalue weighted by Crippen LogP contribution is -2.46. The van der Waals surface area contributed by atoms with Crippen LogP contribution in [0.15, 0.2) is 36.5 Å². The van der Waals surface area contributed by atoms with Crippen molar-refractivity contribution in [3.63, 3.8) is 0 Å². The summed E-state index contributed by atoms with van der Waals surface area (Å²) in [6, 6.07) is 9.18. The van der Waals surface area contributed by atoms with Crippen LogP contribution in [0.3, 0.4) is 0 Å². The third-order valence-corrected chi connectivity index (χ3v) is 6.40. The van der Waals surface area contributed by atoms with Crippen molar-refractivity contribution in [3.8, 4) is 11.5 Å². The van der Waals surface area contributed by atoms with Crippen molar-refractivity contribution < 1.29 is 23.8 Å². The number of esters is 1. The van der Waals surface area contributed by atoms with Crippen LogP contribution in [0.4, 0.5) is 11.5 Å². The normalized spacial score (nSPS) is 12.4. The molecule has 3 aromatic rings. The summed E-state index contributed by atoms with van der Waals surface area (Å²) in [5.41, 5.74) is 2.20. The molecule has 0 fully saturated rings. The Morgan fingerprint density at radius 2 is 1.90 bits per heavy atom. The molecule has 0 aliphatic heterocycles. The molecular formula is C29H39N5O5. The summed E-state index contributed by atoms with van der Waals surface area (Å²) in [5.74, 6) is 1.02. The van der Waals surface area contributed by atoms with Gasteiger partial charge in [0.2, 0.25) is 5.91 Å². The van der Waals surface area contributed by atoms with Crippen LogP contribution in [-0.2, 0) is 16.1 Å². The molecule has 0 radical (unpaired) electrons. The summed E-state index contributed by atoms with van der Waals surface area (Å²) in [7, 11) is 3.19. The third-order valence-electron chi connectivity index (χ3n) is 6.40. The van der Waals surface area contributed by atoms with Gasteiger partial charge in [-0.2, -0.15) is 0 Å². The lowest BCUT2D eigenvalue weighted by Gasteiger charge is -2.33. The monoisotopic (exact) mass is 537 g/mol. The zero-order chi connectivity index (χ0) is 28.4. The Kier molecular flexibility index (Phi) is 10.3. The number of rotatable bonds is 14. The fourth-order valence-corrected chi connectivity index (χ4v) is 4.30. The van der Waals surface area contributed by atoms with Crippen LogP contribution in [0.25, 0.3) is 11.0 Å². The second-order valence-corrected chi connectivity index (χ2v) is 9.53. The minimum atomic E-state index is -0.564. The lowest BCUT2D eigenvalue weighted by molar-refractivity contribution is -0.119. The minimum Gasteiger partial charge on any atom is -0.497 e. The van der Waals surface area contributed by atoms with Gasteiger partial charge in [-0.05, 0) is 44.5 Å². The number of ether oxygens (including phenoxy) is 3. The van der Waals surface area contributed by atoms with Crippen LogP contribution < -0.4 is 25.4 Å². The molecule has 1 atom stereocenters. The first-order chi connectivity index (χ1) is 18.7. The maximum absolute atomic E-state index is 13.4. The van der Waals surface area contributed by atoms with Crippen molar-refractivity contribution in [3.05, 3.63) is 47.7 Å². The average molecular weight is 538 g/mol. The topological polar surface area (TPSA) is 124 Å². The Morgan fingerprint density at radius 1 is 1.10 bits per heavy atom. The average Bonchev–Trinajstić information content (AvgIpc) is 2.94.